The second-order valence-corrected chi connectivity index (χ2v) is 6.10. The van der Waals surface area contributed by atoms with Gasteiger partial charge in [-0.3, -0.25) is 4.79 Å². The van der Waals surface area contributed by atoms with Crippen LogP contribution in [0.3, 0.4) is 0 Å². The molecule has 0 unspecified atom stereocenters. The number of amides is 1. The van der Waals surface area contributed by atoms with Gasteiger partial charge >= 0.3 is 0 Å². The molecule has 0 saturated heterocycles. The molecule has 3 rings (SSSR count). The molecule has 0 spiro atoms. The van der Waals surface area contributed by atoms with Crippen LogP contribution < -0.4 is 19.5 Å². The predicted molar refractivity (Wildman–Crippen MR) is 104 cm³/mol. The molecule has 8 nitrogen and oxygen atoms in total. The number of methoxy groups -OCH3 is 2. The number of nitrogens with zero attached hydrogens (tertiary/aromatic N) is 3. The van der Waals surface area contributed by atoms with Crippen molar-refractivity contribution in [1.82, 2.24) is 15.0 Å². The highest BCUT2D eigenvalue weighted by Crippen LogP contribution is 2.26. The molecule has 1 heterocycles. The van der Waals surface area contributed by atoms with Gasteiger partial charge in [-0.05, 0) is 36.8 Å². The Balaban J connectivity index is 1.58. The molecule has 0 bridgehead atoms. The number of aromatic nitrogens is 3. The second-order valence-electron chi connectivity index (χ2n) is 6.10. The zero-order valence-corrected chi connectivity index (χ0v) is 16.0. The number of para-hydroxylation sites is 2. The number of anilines is 1. The molecule has 0 fully saturated rings. The second kappa shape index (κ2) is 8.90. The van der Waals surface area contributed by atoms with Crippen molar-refractivity contribution in [3.05, 3.63) is 59.9 Å². The molecule has 1 amide bonds. The smallest absolute Gasteiger partial charge is 0.246 e. The van der Waals surface area contributed by atoms with E-state index in [1.54, 1.807) is 20.4 Å². The van der Waals surface area contributed by atoms with Gasteiger partial charge < -0.3 is 19.5 Å². The summed E-state index contributed by atoms with van der Waals surface area (Å²) in [5, 5.41) is 10.8. The topological polar surface area (TPSA) is 87.5 Å². The van der Waals surface area contributed by atoms with Gasteiger partial charge in [-0.2, -0.15) is 0 Å². The van der Waals surface area contributed by atoms with Crippen molar-refractivity contribution in [3.8, 4) is 17.2 Å². The van der Waals surface area contributed by atoms with Gasteiger partial charge in [-0.1, -0.05) is 23.4 Å². The minimum atomic E-state index is -0.231. The van der Waals surface area contributed by atoms with Gasteiger partial charge in [0.2, 0.25) is 5.91 Å². The van der Waals surface area contributed by atoms with Gasteiger partial charge in [0.1, 0.15) is 24.6 Å². The van der Waals surface area contributed by atoms with Crippen LogP contribution in [0.4, 0.5) is 5.69 Å². The lowest BCUT2D eigenvalue weighted by Crippen LogP contribution is -2.19. The average Bonchev–Trinajstić information content (AvgIpc) is 3.14. The van der Waals surface area contributed by atoms with Crippen LogP contribution in [0.1, 0.15) is 11.3 Å². The summed E-state index contributed by atoms with van der Waals surface area (Å²) >= 11 is 0. The van der Waals surface area contributed by atoms with E-state index in [2.05, 4.69) is 15.6 Å². The largest absolute Gasteiger partial charge is 0.495 e. The molecule has 0 aliphatic rings. The Bertz CT molecular complexity index is 955. The van der Waals surface area contributed by atoms with Crippen LogP contribution in [0.25, 0.3) is 0 Å². The third-order valence-electron chi connectivity index (χ3n) is 3.97. The Labute approximate surface area is 163 Å². The van der Waals surface area contributed by atoms with E-state index in [0.717, 1.165) is 5.56 Å². The number of hydrogen-bond acceptors (Lipinski definition) is 6. The van der Waals surface area contributed by atoms with Crippen LogP contribution in [-0.2, 0) is 17.9 Å². The van der Waals surface area contributed by atoms with Gasteiger partial charge in [0, 0.05) is 0 Å². The number of rotatable bonds is 8. The van der Waals surface area contributed by atoms with E-state index in [1.165, 1.54) is 4.68 Å². The molecular weight excluding hydrogens is 360 g/mol. The highest BCUT2D eigenvalue weighted by atomic mass is 16.5. The number of ether oxygens (including phenoxy) is 3. The van der Waals surface area contributed by atoms with Crippen LogP contribution in [0.2, 0.25) is 0 Å². The highest BCUT2D eigenvalue weighted by Gasteiger charge is 2.11. The number of carbonyl (C=O) groups excluding carboxylic acids is 1. The van der Waals surface area contributed by atoms with Crippen molar-refractivity contribution in [1.29, 1.82) is 0 Å². The number of aryl methyl sites for hydroxylation is 1. The number of carbonyl (C=O) groups is 1. The van der Waals surface area contributed by atoms with Crippen LogP contribution >= 0.6 is 0 Å². The van der Waals surface area contributed by atoms with Crippen molar-refractivity contribution < 1.29 is 19.0 Å². The van der Waals surface area contributed by atoms with Crippen LogP contribution in [0, 0.1) is 6.92 Å². The first-order chi connectivity index (χ1) is 13.6. The molecule has 28 heavy (non-hydrogen) atoms. The molecule has 146 valence electrons. The minimum absolute atomic E-state index is 0.0265. The summed E-state index contributed by atoms with van der Waals surface area (Å²) in [6, 6.07) is 12.9. The maximum Gasteiger partial charge on any atom is 0.246 e. The lowest BCUT2D eigenvalue weighted by molar-refractivity contribution is -0.116. The first-order valence-electron chi connectivity index (χ1n) is 8.68. The highest BCUT2D eigenvalue weighted by molar-refractivity contribution is 5.92. The van der Waals surface area contributed by atoms with E-state index in [-0.39, 0.29) is 19.1 Å². The minimum Gasteiger partial charge on any atom is -0.495 e. The van der Waals surface area contributed by atoms with Crippen molar-refractivity contribution >= 4 is 11.6 Å². The summed E-state index contributed by atoms with van der Waals surface area (Å²) in [6.07, 6.45) is 1.67. The van der Waals surface area contributed by atoms with Crippen LogP contribution in [0.5, 0.6) is 17.2 Å². The summed E-state index contributed by atoms with van der Waals surface area (Å²) in [7, 11) is 3.14. The number of hydrogen-bond donors (Lipinski definition) is 1. The molecule has 0 radical (unpaired) electrons. The molecule has 2 aromatic carbocycles. The Morgan fingerprint density at radius 2 is 1.82 bits per heavy atom. The lowest BCUT2D eigenvalue weighted by Gasteiger charge is -2.10. The molecule has 1 aromatic heterocycles. The van der Waals surface area contributed by atoms with Gasteiger partial charge in [-0.25, -0.2) is 4.68 Å². The fraction of sp³-hybridized carbons (Fsp3) is 0.250. The van der Waals surface area contributed by atoms with Crippen molar-refractivity contribution in [2.75, 3.05) is 19.5 Å². The summed E-state index contributed by atoms with van der Waals surface area (Å²) in [5.41, 5.74) is 2.24. The number of benzene rings is 2. The van der Waals surface area contributed by atoms with E-state index < -0.39 is 0 Å². The molecule has 1 N–H and O–H groups in total. The molecule has 3 aromatic rings. The summed E-state index contributed by atoms with van der Waals surface area (Å²) < 4.78 is 17.7. The van der Waals surface area contributed by atoms with E-state index >= 15 is 0 Å². The fourth-order valence-electron chi connectivity index (χ4n) is 2.63. The van der Waals surface area contributed by atoms with Crippen molar-refractivity contribution in [2.45, 2.75) is 20.1 Å². The third-order valence-corrected chi connectivity index (χ3v) is 3.97. The normalized spacial score (nSPS) is 10.4. The Hall–Kier alpha value is -3.55. The Morgan fingerprint density at radius 1 is 1.07 bits per heavy atom. The maximum atomic E-state index is 12.3. The number of nitrogens with one attached hydrogen (secondary N) is 1. The quantitative estimate of drug-likeness (QED) is 0.645. The lowest BCUT2D eigenvalue weighted by atomic mass is 10.2. The average molecular weight is 382 g/mol. The summed E-state index contributed by atoms with van der Waals surface area (Å²) in [6.45, 7) is 2.19. The van der Waals surface area contributed by atoms with Crippen molar-refractivity contribution in [2.24, 2.45) is 0 Å². The Morgan fingerprint density at radius 3 is 2.57 bits per heavy atom. The van der Waals surface area contributed by atoms with E-state index in [0.29, 0.717) is 28.6 Å². The zero-order valence-electron chi connectivity index (χ0n) is 16.0. The third kappa shape index (κ3) is 4.79. The SMILES string of the molecule is COc1ccc(C)cc1NC(=O)Cn1cc(COc2ccccc2OC)nn1. The standard InChI is InChI=1S/C20H22N4O4/c1-14-8-9-17(26-2)16(10-14)21-20(25)12-24-11-15(22-23-24)13-28-19-7-5-4-6-18(19)27-3/h4-11H,12-13H2,1-3H3,(H,21,25). The summed E-state index contributed by atoms with van der Waals surface area (Å²) in [5.74, 6) is 1.62. The maximum absolute atomic E-state index is 12.3. The van der Waals surface area contributed by atoms with Crippen LogP contribution in [-0.4, -0.2) is 35.1 Å². The van der Waals surface area contributed by atoms with E-state index in [4.69, 9.17) is 14.2 Å². The van der Waals surface area contributed by atoms with Crippen LogP contribution in [0.15, 0.2) is 48.7 Å². The fourth-order valence-corrected chi connectivity index (χ4v) is 2.63. The van der Waals surface area contributed by atoms with Gasteiger partial charge in [0.25, 0.3) is 0 Å². The monoisotopic (exact) mass is 382 g/mol. The Kier molecular flexibility index (Phi) is 6.11. The van der Waals surface area contributed by atoms with Gasteiger partial charge in [0.05, 0.1) is 26.1 Å². The van der Waals surface area contributed by atoms with E-state index in [1.807, 2.05) is 49.4 Å². The zero-order chi connectivity index (χ0) is 19.9. The molecular formula is C20H22N4O4. The predicted octanol–water partition coefficient (Wildman–Crippen LogP) is 2.82. The van der Waals surface area contributed by atoms with Gasteiger partial charge in [0.15, 0.2) is 11.5 Å². The van der Waals surface area contributed by atoms with Crippen molar-refractivity contribution in [3.63, 3.8) is 0 Å². The molecule has 0 aliphatic heterocycles. The first-order valence-corrected chi connectivity index (χ1v) is 8.68. The summed E-state index contributed by atoms with van der Waals surface area (Å²) in [4.78, 5) is 12.3. The first kappa shape index (κ1) is 19.2. The molecule has 8 heteroatoms. The molecule has 0 atom stereocenters. The van der Waals surface area contributed by atoms with Gasteiger partial charge in [-0.15, -0.1) is 5.10 Å². The van der Waals surface area contributed by atoms with E-state index in [9.17, 15) is 4.79 Å². The molecule has 0 aliphatic carbocycles. The molecule has 0 saturated carbocycles.